The zero-order valence-electron chi connectivity index (χ0n) is 9.22. The van der Waals surface area contributed by atoms with E-state index < -0.39 is 0 Å². The lowest BCUT2D eigenvalue weighted by atomic mass is 10.0. The minimum absolute atomic E-state index is 0.267. The van der Waals surface area contributed by atoms with Crippen LogP contribution in [-0.2, 0) is 0 Å². The second kappa shape index (κ2) is 4.83. The van der Waals surface area contributed by atoms with Crippen molar-refractivity contribution in [3.8, 4) is 0 Å². The molecule has 0 aliphatic rings. The van der Waals surface area contributed by atoms with Gasteiger partial charge in [-0.15, -0.1) is 0 Å². The molecule has 0 amide bonds. The molecule has 0 saturated heterocycles. The van der Waals surface area contributed by atoms with Gasteiger partial charge >= 0.3 is 0 Å². The van der Waals surface area contributed by atoms with Crippen molar-refractivity contribution >= 4 is 0 Å². The predicted molar refractivity (Wildman–Crippen MR) is 55.3 cm³/mol. The van der Waals surface area contributed by atoms with Crippen molar-refractivity contribution in [1.82, 2.24) is 4.90 Å². The summed E-state index contributed by atoms with van der Waals surface area (Å²) in [7, 11) is 0. The van der Waals surface area contributed by atoms with Crippen LogP contribution < -0.4 is 5.73 Å². The van der Waals surface area contributed by atoms with Gasteiger partial charge in [-0.05, 0) is 47.6 Å². The van der Waals surface area contributed by atoms with E-state index in [1.165, 1.54) is 0 Å². The van der Waals surface area contributed by atoms with E-state index in [0.717, 1.165) is 19.5 Å². The van der Waals surface area contributed by atoms with Gasteiger partial charge in [0.05, 0.1) is 0 Å². The summed E-state index contributed by atoms with van der Waals surface area (Å²) >= 11 is 0. The number of rotatable bonds is 4. The van der Waals surface area contributed by atoms with E-state index in [9.17, 15) is 0 Å². The molecule has 0 aromatic rings. The molecular formula is C10H24N2. The molecule has 0 aromatic heterocycles. The Morgan fingerprint density at radius 2 is 1.75 bits per heavy atom. The van der Waals surface area contributed by atoms with Gasteiger partial charge in [-0.3, -0.25) is 4.90 Å². The highest BCUT2D eigenvalue weighted by Crippen LogP contribution is 2.16. The molecule has 0 aliphatic heterocycles. The maximum atomic E-state index is 5.49. The monoisotopic (exact) mass is 172 g/mol. The molecule has 74 valence electrons. The average molecular weight is 172 g/mol. The Balaban J connectivity index is 4.05. The highest BCUT2D eigenvalue weighted by Gasteiger charge is 2.22. The summed E-state index contributed by atoms with van der Waals surface area (Å²) in [6.07, 6.45) is 1.09. The van der Waals surface area contributed by atoms with Gasteiger partial charge in [-0.25, -0.2) is 0 Å². The first-order valence-corrected chi connectivity index (χ1v) is 4.86. The SMILES string of the molecule is CC(C)N(CCCN)C(C)(C)C. The van der Waals surface area contributed by atoms with Crippen molar-refractivity contribution in [1.29, 1.82) is 0 Å². The number of nitrogens with zero attached hydrogens (tertiary/aromatic N) is 1. The lowest BCUT2D eigenvalue weighted by Gasteiger charge is -2.38. The van der Waals surface area contributed by atoms with Crippen molar-refractivity contribution in [3.63, 3.8) is 0 Å². The normalized spacial score (nSPS) is 13.0. The maximum Gasteiger partial charge on any atom is 0.0127 e. The molecule has 0 unspecified atom stereocenters. The van der Waals surface area contributed by atoms with E-state index in [1.807, 2.05) is 0 Å². The Morgan fingerprint density at radius 3 is 2.00 bits per heavy atom. The Labute approximate surface area is 77.1 Å². The van der Waals surface area contributed by atoms with Crippen molar-refractivity contribution in [2.45, 2.75) is 52.6 Å². The summed E-state index contributed by atoms with van der Waals surface area (Å²) in [6, 6.07) is 0.608. The molecule has 0 fully saturated rings. The van der Waals surface area contributed by atoms with Crippen LogP contribution in [0.1, 0.15) is 41.0 Å². The fourth-order valence-electron chi connectivity index (χ4n) is 1.63. The molecule has 0 aromatic carbocycles. The first-order valence-electron chi connectivity index (χ1n) is 4.86. The van der Waals surface area contributed by atoms with Crippen LogP contribution in [0.15, 0.2) is 0 Å². The van der Waals surface area contributed by atoms with E-state index in [-0.39, 0.29) is 5.54 Å². The second-order valence-corrected chi connectivity index (χ2v) is 4.60. The van der Waals surface area contributed by atoms with Gasteiger partial charge in [-0.2, -0.15) is 0 Å². The summed E-state index contributed by atoms with van der Waals surface area (Å²) in [5, 5.41) is 0. The first-order chi connectivity index (χ1) is 5.39. The first kappa shape index (κ1) is 11.9. The van der Waals surface area contributed by atoms with Crippen LogP contribution in [-0.4, -0.2) is 29.6 Å². The van der Waals surface area contributed by atoms with Gasteiger partial charge in [0.25, 0.3) is 0 Å². The van der Waals surface area contributed by atoms with Gasteiger partial charge in [0.2, 0.25) is 0 Å². The topological polar surface area (TPSA) is 29.3 Å². The predicted octanol–water partition coefficient (Wildman–Crippen LogP) is 1.84. The third-order valence-corrected chi connectivity index (χ3v) is 2.09. The number of nitrogens with two attached hydrogens (primary N) is 1. The molecule has 0 rings (SSSR count). The molecule has 12 heavy (non-hydrogen) atoms. The Morgan fingerprint density at radius 1 is 1.25 bits per heavy atom. The highest BCUT2D eigenvalue weighted by molar-refractivity contribution is 4.78. The third-order valence-electron chi connectivity index (χ3n) is 2.09. The van der Waals surface area contributed by atoms with Crippen LogP contribution in [0, 0.1) is 0 Å². The second-order valence-electron chi connectivity index (χ2n) is 4.60. The van der Waals surface area contributed by atoms with E-state index in [0.29, 0.717) is 6.04 Å². The fraction of sp³-hybridized carbons (Fsp3) is 1.00. The quantitative estimate of drug-likeness (QED) is 0.701. The average Bonchev–Trinajstić information content (AvgIpc) is 1.84. The molecule has 2 heteroatoms. The van der Waals surface area contributed by atoms with Crippen molar-refractivity contribution in [3.05, 3.63) is 0 Å². The van der Waals surface area contributed by atoms with Crippen LogP contribution in [0.2, 0.25) is 0 Å². The van der Waals surface area contributed by atoms with E-state index in [4.69, 9.17) is 5.73 Å². The number of hydrogen-bond acceptors (Lipinski definition) is 2. The summed E-state index contributed by atoms with van der Waals surface area (Å²) in [6.45, 7) is 13.1. The zero-order chi connectivity index (χ0) is 9.78. The molecule has 0 spiro atoms. The molecule has 2 nitrogen and oxygen atoms in total. The third kappa shape index (κ3) is 4.07. The van der Waals surface area contributed by atoms with E-state index in [1.54, 1.807) is 0 Å². The standard InChI is InChI=1S/C10H24N2/c1-9(2)12(8-6-7-11)10(3,4)5/h9H,6-8,11H2,1-5H3. The summed E-state index contributed by atoms with van der Waals surface area (Å²) in [5.74, 6) is 0. The zero-order valence-corrected chi connectivity index (χ0v) is 9.22. The summed E-state index contributed by atoms with van der Waals surface area (Å²) in [4.78, 5) is 2.49. The van der Waals surface area contributed by atoms with E-state index >= 15 is 0 Å². The molecule has 0 atom stereocenters. The molecule has 0 bridgehead atoms. The van der Waals surface area contributed by atoms with Crippen molar-refractivity contribution < 1.29 is 0 Å². The number of hydrogen-bond donors (Lipinski definition) is 1. The van der Waals surface area contributed by atoms with Crippen molar-refractivity contribution in [2.75, 3.05) is 13.1 Å². The Hall–Kier alpha value is -0.0800. The van der Waals surface area contributed by atoms with Gasteiger partial charge in [-0.1, -0.05) is 0 Å². The van der Waals surface area contributed by atoms with Crippen LogP contribution in [0.3, 0.4) is 0 Å². The smallest absolute Gasteiger partial charge is 0.0127 e. The highest BCUT2D eigenvalue weighted by atomic mass is 15.2. The Bertz CT molecular complexity index is 113. The summed E-state index contributed by atoms with van der Waals surface area (Å²) in [5.41, 5.74) is 5.76. The molecule has 0 aliphatic carbocycles. The Kier molecular flexibility index (Phi) is 4.80. The lowest BCUT2D eigenvalue weighted by molar-refractivity contribution is 0.0984. The maximum absolute atomic E-state index is 5.49. The largest absolute Gasteiger partial charge is 0.330 e. The lowest BCUT2D eigenvalue weighted by Crippen LogP contribution is -2.46. The fourth-order valence-corrected chi connectivity index (χ4v) is 1.63. The minimum atomic E-state index is 0.267. The van der Waals surface area contributed by atoms with Gasteiger partial charge in [0, 0.05) is 18.1 Å². The molecule has 0 saturated carbocycles. The minimum Gasteiger partial charge on any atom is -0.330 e. The molecule has 2 N–H and O–H groups in total. The molecule has 0 radical (unpaired) electrons. The van der Waals surface area contributed by atoms with Crippen molar-refractivity contribution in [2.24, 2.45) is 5.73 Å². The van der Waals surface area contributed by atoms with Gasteiger partial charge in [0.1, 0.15) is 0 Å². The van der Waals surface area contributed by atoms with Gasteiger partial charge in [0.15, 0.2) is 0 Å². The van der Waals surface area contributed by atoms with Crippen LogP contribution in [0.5, 0.6) is 0 Å². The van der Waals surface area contributed by atoms with E-state index in [2.05, 4.69) is 39.5 Å². The summed E-state index contributed by atoms with van der Waals surface area (Å²) < 4.78 is 0. The van der Waals surface area contributed by atoms with Crippen LogP contribution in [0.4, 0.5) is 0 Å². The van der Waals surface area contributed by atoms with Crippen LogP contribution >= 0.6 is 0 Å². The molecular weight excluding hydrogens is 148 g/mol. The van der Waals surface area contributed by atoms with Crippen LogP contribution in [0.25, 0.3) is 0 Å². The molecule has 0 heterocycles. The van der Waals surface area contributed by atoms with Gasteiger partial charge < -0.3 is 5.73 Å².